The van der Waals surface area contributed by atoms with Crippen LogP contribution in [0, 0.1) is 28.6 Å². The number of hydrogen-bond acceptors (Lipinski definition) is 7. The first kappa shape index (κ1) is 28.6. The molecule has 8 nitrogen and oxygen atoms in total. The van der Waals surface area contributed by atoms with Gasteiger partial charge in [-0.05, 0) is 86.5 Å². The molecule has 2 aromatic rings. The highest BCUT2D eigenvalue weighted by molar-refractivity contribution is 5.96. The van der Waals surface area contributed by atoms with E-state index < -0.39 is 29.2 Å². The molecule has 0 unspecified atom stereocenters. The molecule has 4 rings (SSSR count). The van der Waals surface area contributed by atoms with Crippen molar-refractivity contribution >= 4 is 34.6 Å². The van der Waals surface area contributed by atoms with Crippen LogP contribution in [0.2, 0.25) is 0 Å². The summed E-state index contributed by atoms with van der Waals surface area (Å²) in [6, 6.07) is 8.90. The Kier molecular flexibility index (Phi) is 8.05. The number of carboxylic acids is 1. The average Bonchev–Trinajstić information content (AvgIpc) is 2.87. The van der Waals surface area contributed by atoms with E-state index in [0.717, 1.165) is 24.8 Å². The van der Waals surface area contributed by atoms with E-state index in [-0.39, 0.29) is 23.2 Å². The number of rotatable bonds is 7. The highest BCUT2D eigenvalue weighted by Crippen LogP contribution is 2.62. The summed E-state index contributed by atoms with van der Waals surface area (Å²) >= 11 is 0. The molecule has 210 valence electrons. The van der Waals surface area contributed by atoms with Crippen LogP contribution < -0.4 is 9.47 Å². The topological polar surface area (TPSA) is 116 Å². The van der Waals surface area contributed by atoms with Crippen molar-refractivity contribution in [2.24, 2.45) is 28.6 Å². The quantitative estimate of drug-likeness (QED) is 0.351. The fraction of sp³-hybridized carbons (Fsp3) is 0.548. The molecule has 0 bridgehead atoms. The number of carbonyl (C=O) groups is 4. The van der Waals surface area contributed by atoms with Gasteiger partial charge in [-0.15, -0.1) is 0 Å². The van der Waals surface area contributed by atoms with E-state index in [1.165, 1.54) is 21.0 Å². The molecule has 0 saturated heterocycles. The monoisotopic (exact) mass is 538 g/mol. The van der Waals surface area contributed by atoms with E-state index in [0.29, 0.717) is 48.0 Å². The lowest BCUT2D eigenvalue weighted by Crippen LogP contribution is -2.56. The zero-order valence-electron chi connectivity index (χ0n) is 23.4. The zero-order valence-corrected chi connectivity index (χ0v) is 23.4. The van der Waals surface area contributed by atoms with Crippen LogP contribution >= 0.6 is 0 Å². The molecule has 1 N–H and O–H groups in total. The van der Waals surface area contributed by atoms with Gasteiger partial charge in [-0.1, -0.05) is 25.5 Å². The number of hydrogen-bond donors (Lipinski definition) is 1. The Morgan fingerprint density at radius 2 is 1.56 bits per heavy atom. The molecule has 0 amide bonds. The van der Waals surface area contributed by atoms with Gasteiger partial charge in [-0.2, -0.15) is 0 Å². The Morgan fingerprint density at radius 3 is 2.15 bits per heavy atom. The molecule has 39 heavy (non-hydrogen) atoms. The summed E-state index contributed by atoms with van der Waals surface area (Å²) in [4.78, 5) is 48.7. The highest BCUT2D eigenvalue weighted by atomic mass is 16.5. The fourth-order valence-corrected chi connectivity index (χ4v) is 7.62. The van der Waals surface area contributed by atoms with Crippen LogP contribution in [0.3, 0.4) is 0 Å². The Balaban J connectivity index is 1.68. The molecular weight excluding hydrogens is 500 g/mol. The second-order valence-electron chi connectivity index (χ2n) is 11.6. The zero-order chi connectivity index (χ0) is 28.5. The second kappa shape index (κ2) is 11.0. The van der Waals surface area contributed by atoms with Crippen LogP contribution in [-0.2, 0) is 30.3 Å². The third-order valence-electron chi connectivity index (χ3n) is 9.30. The molecule has 2 fully saturated rings. The maximum atomic E-state index is 12.9. The number of fused-ring (bicyclic) bond motifs is 2. The molecule has 8 heteroatoms. The molecule has 2 aromatic carbocycles. The number of carboxylic acid groups (broad SMARTS) is 1. The molecule has 0 radical (unpaired) electrons. The van der Waals surface area contributed by atoms with Crippen molar-refractivity contribution < 1.29 is 38.5 Å². The molecule has 2 saturated carbocycles. The molecular formula is C31H38O8. The lowest BCUT2D eigenvalue weighted by Gasteiger charge is -2.58. The Bertz CT molecular complexity index is 1300. The van der Waals surface area contributed by atoms with Gasteiger partial charge in [0.1, 0.15) is 11.5 Å². The molecule has 0 spiro atoms. The largest absolute Gasteiger partial charge is 0.481 e. The summed E-state index contributed by atoms with van der Waals surface area (Å²) in [6.07, 6.45) is 4.95. The normalized spacial score (nSPS) is 28.3. The second-order valence-corrected chi connectivity index (χ2v) is 11.6. The van der Waals surface area contributed by atoms with Crippen LogP contribution in [-0.4, -0.2) is 36.1 Å². The van der Waals surface area contributed by atoms with Crippen molar-refractivity contribution in [1.82, 2.24) is 0 Å². The van der Waals surface area contributed by atoms with Gasteiger partial charge >= 0.3 is 23.9 Å². The standard InChI is InChI=1S/C31H38O8/c1-18(32)38-25-12-13-26(39-19(2)33)23-17-20(7-9-21(23)25)8-11-24-22(28(34)35)10-14-27-30(24,3)15-6-16-31(27,4)29(36)37-5/h7,9,12-13,17,22,24,27H,6,8,10-11,14-16H2,1-5H3,(H,34,35)/t22-,24+,27-,30-,31+/m1/s1. The van der Waals surface area contributed by atoms with Gasteiger partial charge in [0.15, 0.2) is 0 Å². The number of benzene rings is 2. The van der Waals surface area contributed by atoms with Gasteiger partial charge in [-0.3, -0.25) is 19.2 Å². The minimum Gasteiger partial charge on any atom is -0.481 e. The summed E-state index contributed by atoms with van der Waals surface area (Å²) in [5.41, 5.74) is 0.0146. The number of carbonyl (C=O) groups excluding carboxylic acids is 3. The fourth-order valence-electron chi connectivity index (χ4n) is 7.62. The van der Waals surface area contributed by atoms with Crippen molar-refractivity contribution in [2.75, 3.05) is 7.11 Å². The maximum Gasteiger partial charge on any atom is 0.311 e. The van der Waals surface area contributed by atoms with Crippen LogP contribution in [0.4, 0.5) is 0 Å². The van der Waals surface area contributed by atoms with Crippen LogP contribution in [0.25, 0.3) is 10.8 Å². The summed E-state index contributed by atoms with van der Waals surface area (Å²) in [5.74, 6) is -1.72. The first-order valence-electron chi connectivity index (χ1n) is 13.6. The van der Waals surface area contributed by atoms with Gasteiger partial charge in [0.2, 0.25) is 0 Å². The summed E-state index contributed by atoms with van der Waals surface area (Å²) in [7, 11) is 1.43. The molecule has 5 atom stereocenters. The average molecular weight is 539 g/mol. The van der Waals surface area contributed by atoms with E-state index in [1.807, 2.05) is 25.1 Å². The van der Waals surface area contributed by atoms with Crippen molar-refractivity contribution in [3.8, 4) is 11.5 Å². The van der Waals surface area contributed by atoms with Crippen molar-refractivity contribution in [2.45, 2.75) is 72.6 Å². The van der Waals surface area contributed by atoms with Crippen molar-refractivity contribution in [3.05, 3.63) is 35.9 Å². The number of ether oxygens (including phenoxy) is 3. The Morgan fingerprint density at radius 1 is 0.923 bits per heavy atom. The molecule has 0 aromatic heterocycles. The van der Waals surface area contributed by atoms with E-state index in [2.05, 4.69) is 6.92 Å². The number of methoxy groups -OCH3 is 1. The predicted octanol–water partition coefficient (Wildman–Crippen LogP) is 5.72. The SMILES string of the molecule is COC(=O)[C@@]1(C)CCC[C@@]2(C)[C@H]1CC[C@@H](C(=O)O)[C@@H]2CCc1ccc2c(OC(C)=O)ccc(OC(C)=O)c2c1. The number of aryl methyl sites for hydroxylation is 1. The van der Waals surface area contributed by atoms with Gasteiger partial charge in [0.25, 0.3) is 0 Å². The van der Waals surface area contributed by atoms with Crippen LogP contribution in [0.5, 0.6) is 11.5 Å². The Hall–Kier alpha value is -3.42. The van der Waals surface area contributed by atoms with E-state index >= 15 is 0 Å². The molecule has 0 heterocycles. The highest BCUT2D eigenvalue weighted by Gasteiger charge is 2.59. The lowest BCUT2D eigenvalue weighted by atomic mass is 9.45. The minimum atomic E-state index is -0.785. The lowest BCUT2D eigenvalue weighted by molar-refractivity contribution is -0.177. The third kappa shape index (κ3) is 5.38. The third-order valence-corrected chi connectivity index (χ3v) is 9.30. The van der Waals surface area contributed by atoms with Crippen molar-refractivity contribution in [1.29, 1.82) is 0 Å². The predicted molar refractivity (Wildman–Crippen MR) is 144 cm³/mol. The van der Waals surface area contributed by atoms with Gasteiger partial charge in [0.05, 0.1) is 18.4 Å². The molecule has 2 aliphatic carbocycles. The summed E-state index contributed by atoms with van der Waals surface area (Å²) in [5, 5.41) is 11.5. The Labute approximate surface area is 229 Å². The van der Waals surface area contributed by atoms with Crippen LogP contribution in [0.1, 0.15) is 71.8 Å². The summed E-state index contributed by atoms with van der Waals surface area (Å²) < 4.78 is 16.0. The number of aliphatic carboxylic acids is 1. The first-order valence-corrected chi connectivity index (χ1v) is 13.6. The molecule has 0 aliphatic heterocycles. The van der Waals surface area contributed by atoms with E-state index in [1.54, 1.807) is 12.1 Å². The maximum absolute atomic E-state index is 12.9. The summed E-state index contributed by atoms with van der Waals surface area (Å²) in [6.45, 7) is 6.81. The van der Waals surface area contributed by atoms with Gasteiger partial charge in [-0.25, -0.2) is 0 Å². The first-order chi connectivity index (χ1) is 18.4. The molecule has 2 aliphatic rings. The van der Waals surface area contributed by atoms with Gasteiger partial charge < -0.3 is 19.3 Å². The number of esters is 3. The van der Waals surface area contributed by atoms with Crippen molar-refractivity contribution in [3.63, 3.8) is 0 Å². The minimum absolute atomic E-state index is 0.0465. The smallest absolute Gasteiger partial charge is 0.311 e. The van der Waals surface area contributed by atoms with Gasteiger partial charge in [0, 0.05) is 24.6 Å². The van der Waals surface area contributed by atoms with E-state index in [4.69, 9.17) is 14.2 Å². The van der Waals surface area contributed by atoms with E-state index in [9.17, 15) is 24.3 Å². The van der Waals surface area contributed by atoms with Crippen LogP contribution in [0.15, 0.2) is 30.3 Å².